The summed E-state index contributed by atoms with van der Waals surface area (Å²) in [5, 5.41) is 19.1. The zero-order valence-electron chi connectivity index (χ0n) is 30.5. The molecule has 0 saturated carbocycles. The second-order valence-electron chi connectivity index (χ2n) is 12.9. The molecule has 0 radical (unpaired) electrons. The minimum Gasteiger partial charge on any atom is -0.457 e. The molecule has 48 heavy (non-hydrogen) atoms. The van der Waals surface area contributed by atoms with Gasteiger partial charge in [-0.15, -0.1) is 0 Å². The Morgan fingerprint density at radius 2 is 0.875 bits per heavy atom. The van der Waals surface area contributed by atoms with Crippen LogP contribution in [0.1, 0.15) is 174 Å². The van der Waals surface area contributed by atoms with Gasteiger partial charge in [0.2, 0.25) is 0 Å². The van der Waals surface area contributed by atoms with Crippen molar-refractivity contribution < 1.29 is 47.8 Å². The third-order valence-corrected chi connectivity index (χ3v) is 9.18. The number of unbranched alkanes of at least 4 members (excludes halogenated alkanes) is 20. The lowest BCUT2D eigenvalue weighted by molar-refractivity contribution is -0.153. The van der Waals surface area contributed by atoms with Gasteiger partial charge in [-0.2, -0.15) is 0 Å². The molecule has 0 rings (SSSR count). The summed E-state index contributed by atoms with van der Waals surface area (Å²) in [6, 6.07) is 0. The molecule has 3 N–H and O–H groups in total. The van der Waals surface area contributed by atoms with Crippen LogP contribution < -0.4 is 0 Å². The highest BCUT2D eigenvalue weighted by Crippen LogP contribution is 2.43. The molecule has 3 atom stereocenters. The molecule has 11 heteroatoms. The zero-order chi connectivity index (χ0) is 35.6. The summed E-state index contributed by atoms with van der Waals surface area (Å²) < 4.78 is 32.4. The smallest absolute Gasteiger partial charge is 0.457 e. The number of hydrogen-bond donors (Lipinski definition) is 3. The van der Waals surface area contributed by atoms with Gasteiger partial charge >= 0.3 is 19.8 Å². The van der Waals surface area contributed by atoms with Gasteiger partial charge in [-0.25, -0.2) is 4.57 Å². The topological polar surface area (TPSA) is 149 Å². The highest BCUT2D eigenvalue weighted by atomic mass is 31.2. The number of rotatable bonds is 36. The molecule has 284 valence electrons. The summed E-state index contributed by atoms with van der Waals surface area (Å²) >= 11 is 0. The lowest BCUT2D eigenvalue weighted by atomic mass is 10.0. The van der Waals surface area contributed by atoms with Crippen molar-refractivity contribution in [2.75, 3.05) is 26.4 Å². The van der Waals surface area contributed by atoms with Crippen LogP contribution in [0.25, 0.3) is 0 Å². The first-order chi connectivity index (χ1) is 23.3. The number of ether oxygens (including phenoxy) is 2. The Labute approximate surface area is 292 Å². The fourth-order valence-corrected chi connectivity index (χ4v) is 6.00. The number of phosphoric ester groups is 1. The van der Waals surface area contributed by atoms with E-state index in [-0.39, 0.29) is 12.8 Å². The van der Waals surface area contributed by atoms with Gasteiger partial charge in [0.05, 0.1) is 26.4 Å². The number of phosphoric acid groups is 1. The molecule has 0 aliphatic heterocycles. The first-order valence-electron chi connectivity index (χ1n) is 19.1. The monoisotopic (exact) mass is 706 g/mol. The van der Waals surface area contributed by atoms with Gasteiger partial charge in [0, 0.05) is 12.8 Å². The van der Waals surface area contributed by atoms with Gasteiger partial charge < -0.3 is 24.6 Å². The molecule has 0 spiro atoms. The van der Waals surface area contributed by atoms with Crippen LogP contribution in [0, 0.1) is 0 Å². The Balaban J connectivity index is 3.97. The molecule has 0 saturated heterocycles. The zero-order valence-corrected chi connectivity index (χ0v) is 31.4. The second-order valence-corrected chi connectivity index (χ2v) is 14.4. The molecular formula is C37H71O10P. The van der Waals surface area contributed by atoms with E-state index in [1.807, 2.05) is 0 Å². The van der Waals surface area contributed by atoms with Crippen LogP contribution in [-0.4, -0.2) is 65.7 Å². The maximum Gasteiger partial charge on any atom is 0.472 e. The van der Waals surface area contributed by atoms with Gasteiger partial charge in [0.1, 0.15) is 12.2 Å². The summed E-state index contributed by atoms with van der Waals surface area (Å²) in [5.41, 5.74) is 0. The Kier molecular flexibility index (Phi) is 33.3. The summed E-state index contributed by atoms with van der Waals surface area (Å²) in [6.07, 6.45) is 29.0. The minimum atomic E-state index is -4.62. The van der Waals surface area contributed by atoms with E-state index in [0.29, 0.717) is 12.8 Å². The average Bonchev–Trinajstić information content (AvgIpc) is 3.07. The van der Waals surface area contributed by atoms with Crippen LogP contribution >= 0.6 is 7.82 Å². The maximum absolute atomic E-state index is 12.3. The minimum absolute atomic E-state index is 0.184. The van der Waals surface area contributed by atoms with Crippen LogP contribution in [-0.2, 0) is 32.7 Å². The second kappa shape index (κ2) is 34.2. The van der Waals surface area contributed by atoms with Crippen molar-refractivity contribution in [3.05, 3.63) is 12.2 Å². The van der Waals surface area contributed by atoms with Gasteiger partial charge in [-0.1, -0.05) is 142 Å². The summed E-state index contributed by atoms with van der Waals surface area (Å²) in [6.45, 7) is 2.15. The van der Waals surface area contributed by atoms with Crippen molar-refractivity contribution in [2.24, 2.45) is 0 Å². The third-order valence-electron chi connectivity index (χ3n) is 8.23. The van der Waals surface area contributed by atoms with E-state index in [1.54, 1.807) is 0 Å². The Bertz CT molecular complexity index is 822. The first kappa shape index (κ1) is 46.7. The van der Waals surface area contributed by atoms with E-state index in [2.05, 4.69) is 26.0 Å². The molecule has 3 unspecified atom stereocenters. The third kappa shape index (κ3) is 31.9. The van der Waals surface area contributed by atoms with E-state index < -0.39 is 58.4 Å². The molecule has 10 nitrogen and oxygen atoms in total. The molecule has 0 aliphatic rings. The summed E-state index contributed by atoms with van der Waals surface area (Å²) in [7, 11) is -4.62. The van der Waals surface area contributed by atoms with E-state index in [9.17, 15) is 29.3 Å². The standard InChI is InChI=1S/C37H71O10P/c1-3-5-7-9-11-13-15-16-17-19-21-23-25-27-29-37(41)47-35(31-39)33-45-48(42,43)44-32-34(30-38)46-36(40)28-26-24-22-20-18-14-12-10-8-6-4-2/h10,12,34-35,38-39H,3-9,11,13-33H2,1-2H3,(H,42,43)/b12-10-. The lowest BCUT2D eigenvalue weighted by Crippen LogP contribution is -2.28. The Hall–Kier alpha value is -1.29. The number of allylic oxidation sites excluding steroid dienone is 2. The summed E-state index contributed by atoms with van der Waals surface area (Å²) in [5.74, 6) is -1.02. The molecule has 0 aromatic carbocycles. The lowest BCUT2D eigenvalue weighted by Gasteiger charge is -2.20. The van der Waals surface area contributed by atoms with Crippen molar-refractivity contribution >= 4 is 19.8 Å². The fraction of sp³-hybridized carbons (Fsp3) is 0.892. The Morgan fingerprint density at radius 3 is 1.25 bits per heavy atom. The maximum atomic E-state index is 12.3. The van der Waals surface area contributed by atoms with Gasteiger partial charge in [-0.3, -0.25) is 18.6 Å². The van der Waals surface area contributed by atoms with Crippen LogP contribution in [0.4, 0.5) is 0 Å². The number of carbonyl (C=O) groups excluding carboxylic acids is 2. The largest absolute Gasteiger partial charge is 0.472 e. The highest BCUT2D eigenvalue weighted by molar-refractivity contribution is 7.47. The van der Waals surface area contributed by atoms with Gasteiger partial charge in [0.15, 0.2) is 0 Å². The number of hydrogen-bond acceptors (Lipinski definition) is 9. The van der Waals surface area contributed by atoms with Gasteiger partial charge in [0.25, 0.3) is 0 Å². The number of esters is 2. The average molecular weight is 707 g/mol. The normalized spacial score (nSPS) is 14.2. The van der Waals surface area contributed by atoms with Gasteiger partial charge in [-0.05, 0) is 32.1 Å². The molecule has 0 aromatic heterocycles. The molecule has 0 fully saturated rings. The fourth-order valence-electron chi connectivity index (χ4n) is 5.21. The number of aliphatic hydroxyl groups excluding tert-OH is 2. The van der Waals surface area contributed by atoms with Crippen LogP contribution in [0.15, 0.2) is 12.2 Å². The van der Waals surface area contributed by atoms with Crippen molar-refractivity contribution in [1.82, 2.24) is 0 Å². The number of carbonyl (C=O) groups is 2. The van der Waals surface area contributed by atoms with Crippen LogP contribution in [0.3, 0.4) is 0 Å². The Morgan fingerprint density at radius 1 is 0.542 bits per heavy atom. The molecule has 0 heterocycles. The first-order valence-corrected chi connectivity index (χ1v) is 20.6. The highest BCUT2D eigenvalue weighted by Gasteiger charge is 2.27. The van der Waals surface area contributed by atoms with E-state index in [0.717, 1.165) is 57.8 Å². The molecular weight excluding hydrogens is 635 g/mol. The SMILES string of the molecule is CCCC/C=C\CCCCCCCC(=O)OC(CO)COP(=O)(O)OCC(CO)OC(=O)CCCCCCCCCCCCCCCC. The molecule has 0 bridgehead atoms. The van der Waals surface area contributed by atoms with E-state index in [1.165, 1.54) is 77.0 Å². The molecule has 0 amide bonds. The van der Waals surface area contributed by atoms with Crippen LogP contribution in [0.2, 0.25) is 0 Å². The van der Waals surface area contributed by atoms with Crippen molar-refractivity contribution in [2.45, 2.75) is 187 Å². The van der Waals surface area contributed by atoms with Crippen LogP contribution in [0.5, 0.6) is 0 Å². The number of aliphatic hydroxyl groups is 2. The summed E-state index contributed by atoms with van der Waals surface area (Å²) in [4.78, 5) is 34.3. The molecule has 0 aromatic rings. The van der Waals surface area contributed by atoms with Crippen molar-refractivity contribution in [3.63, 3.8) is 0 Å². The van der Waals surface area contributed by atoms with E-state index in [4.69, 9.17) is 18.5 Å². The molecule has 0 aliphatic carbocycles. The predicted molar refractivity (Wildman–Crippen MR) is 192 cm³/mol. The van der Waals surface area contributed by atoms with Crippen molar-refractivity contribution in [3.8, 4) is 0 Å². The van der Waals surface area contributed by atoms with E-state index >= 15 is 0 Å². The quantitative estimate of drug-likeness (QED) is 0.0249. The predicted octanol–water partition coefficient (Wildman–Crippen LogP) is 9.28. The van der Waals surface area contributed by atoms with Crippen molar-refractivity contribution in [1.29, 1.82) is 0 Å².